The molecule has 1 unspecified atom stereocenters. The summed E-state index contributed by atoms with van der Waals surface area (Å²) in [6.07, 6.45) is 2.97. The summed E-state index contributed by atoms with van der Waals surface area (Å²) < 4.78 is 22.9. The van der Waals surface area contributed by atoms with Crippen molar-refractivity contribution in [3.8, 4) is 29.1 Å². The van der Waals surface area contributed by atoms with Crippen molar-refractivity contribution < 1.29 is 28.8 Å². The van der Waals surface area contributed by atoms with Gasteiger partial charge in [-0.25, -0.2) is 4.79 Å². The monoisotopic (exact) mass is 516 g/mol. The first-order valence-electron chi connectivity index (χ1n) is 10.8. The van der Waals surface area contributed by atoms with Crippen LogP contribution in [0.25, 0.3) is 0 Å². The Balaban J connectivity index is 1.94. The Bertz CT molecular complexity index is 981. The SMILES string of the molecule is CCOc1cc(C#C/C=C\COc2ccc(CC(OCC)C(=O)O)cc2Br)cc(OCC)c1. The lowest BCUT2D eigenvalue weighted by Crippen LogP contribution is -2.26. The lowest BCUT2D eigenvalue weighted by molar-refractivity contribution is -0.149. The van der Waals surface area contributed by atoms with E-state index in [1.165, 1.54) is 0 Å². The van der Waals surface area contributed by atoms with Crippen LogP contribution in [0.1, 0.15) is 31.9 Å². The van der Waals surface area contributed by atoms with Crippen LogP contribution in [-0.2, 0) is 16.0 Å². The highest BCUT2D eigenvalue weighted by Gasteiger charge is 2.18. The first kappa shape index (κ1) is 26.3. The molecule has 1 N–H and O–H groups in total. The number of carbonyl (C=O) groups is 1. The third-order valence-electron chi connectivity index (χ3n) is 4.32. The second kappa shape index (κ2) is 14.2. The zero-order valence-corrected chi connectivity index (χ0v) is 20.7. The van der Waals surface area contributed by atoms with Gasteiger partial charge in [-0.15, -0.1) is 0 Å². The molecule has 7 heteroatoms. The van der Waals surface area contributed by atoms with Crippen LogP contribution in [0.3, 0.4) is 0 Å². The summed E-state index contributed by atoms with van der Waals surface area (Å²) >= 11 is 3.48. The topological polar surface area (TPSA) is 74.2 Å². The number of rotatable bonds is 12. The molecule has 0 aromatic heterocycles. The quantitative estimate of drug-likeness (QED) is 0.387. The summed E-state index contributed by atoms with van der Waals surface area (Å²) in [7, 11) is 0. The minimum absolute atomic E-state index is 0.285. The van der Waals surface area contributed by atoms with Crippen LogP contribution in [0.4, 0.5) is 0 Å². The molecular formula is C26H29BrO6. The van der Waals surface area contributed by atoms with Crippen molar-refractivity contribution in [3.05, 3.63) is 64.1 Å². The Morgan fingerprint density at radius 1 is 1.03 bits per heavy atom. The van der Waals surface area contributed by atoms with Crippen LogP contribution < -0.4 is 14.2 Å². The molecule has 0 bridgehead atoms. The highest BCUT2D eigenvalue weighted by Crippen LogP contribution is 2.27. The van der Waals surface area contributed by atoms with E-state index in [0.29, 0.717) is 32.2 Å². The zero-order valence-electron chi connectivity index (χ0n) is 19.1. The Kier molecular flexibility index (Phi) is 11.4. The molecule has 0 aliphatic rings. The molecule has 2 rings (SSSR count). The summed E-state index contributed by atoms with van der Waals surface area (Å²) in [5.74, 6) is 7.20. The summed E-state index contributed by atoms with van der Waals surface area (Å²) in [6.45, 7) is 7.47. The maximum Gasteiger partial charge on any atom is 0.333 e. The van der Waals surface area contributed by atoms with Gasteiger partial charge < -0.3 is 24.1 Å². The standard InChI is InChI=1S/C26H29BrO6/c1-4-30-21-14-19(15-22(18-21)31-5-2)10-8-7-9-13-33-24-12-11-20(16-23(24)27)17-25(26(28)29)32-6-3/h7,9,11-12,14-16,18,25H,4-6,13,17H2,1-3H3,(H,28,29)/b9-7-. The second-order valence-electron chi connectivity index (χ2n) is 6.79. The summed E-state index contributed by atoms with van der Waals surface area (Å²) in [6, 6.07) is 11.1. The molecule has 0 radical (unpaired) electrons. The Morgan fingerprint density at radius 3 is 2.30 bits per heavy atom. The molecule has 6 nitrogen and oxygen atoms in total. The Hall–Kier alpha value is -2.95. The lowest BCUT2D eigenvalue weighted by Gasteiger charge is -2.13. The molecule has 2 aromatic rings. The van der Waals surface area contributed by atoms with E-state index in [9.17, 15) is 9.90 Å². The number of halogens is 1. The minimum atomic E-state index is -0.974. The van der Waals surface area contributed by atoms with Crippen molar-refractivity contribution in [2.24, 2.45) is 0 Å². The van der Waals surface area contributed by atoms with Gasteiger partial charge in [0.15, 0.2) is 6.10 Å². The van der Waals surface area contributed by atoms with E-state index in [0.717, 1.165) is 27.1 Å². The fourth-order valence-electron chi connectivity index (χ4n) is 2.93. The number of allylic oxidation sites excluding steroid dienone is 1. The molecular weight excluding hydrogens is 488 g/mol. The lowest BCUT2D eigenvalue weighted by atomic mass is 10.1. The predicted octanol–water partition coefficient (Wildman–Crippen LogP) is 5.27. The summed E-state index contributed by atoms with van der Waals surface area (Å²) in [5, 5.41) is 9.23. The third kappa shape index (κ3) is 9.21. The molecule has 0 aliphatic carbocycles. The third-order valence-corrected chi connectivity index (χ3v) is 4.94. The second-order valence-corrected chi connectivity index (χ2v) is 7.65. The van der Waals surface area contributed by atoms with Crippen molar-refractivity contribution >= 4 is 21.9 Å². The van der Waals surface area contributed by atoms with E-state index >= 15 is 0 Å². The van der Waals surface area contributed by atoms with E-state index in [2.05, 4.69) is 27.8 Å². The van der Waals surface area contributed by atoms with Crippen molar-refractivity contribution in [2.75, 3.05) is 26.4 Å². The van der Waals surface area contributed by atoms with Crippen LogP contribution in [0.2, 0.25) is 0 Å². The number of hydrogen-bond donors (Lipinski definition) is 1. The van der Waals surface area contributed by atoms with Gasteiger partial charge >= 0.3 is 5.97 Å². The number of carboxylic acids is 1. The van der Waals surface area contributed by atoms with Crippen molar-refractivity contribution in [3.63, 3.8) is 0 Å². The maximum atomic E-state index is 11.3. The normalized spacial score (nSPS) is 11.5. The number of hydrogen-bond acceptors (Lipinski definition) is 5. The molecule has 0 saturated heterocycles. The average Bonchev–Trinajstić information content (AvgIpc) is 2.77. The molecule has 33 heavy (non-hydrogen) atoms. The van der Waals surface area contributed by atoms with Gasteiger partial charge in [-0.05, 0) is 78.7 Å². The average molecular weight is 517 g/mol. The first-order chi connectivity index (χ1) is 16.0. The molecule has 0 heterocycles. The van der Waals surface area contributed by atoms with E-state index < -0.39 is 12.1 Å². The predicted molar refractivity (Wildman–Crippen MR) is 131 cm³/mol. The number of ether oxygens (including phenoxy) is 4. The van der Waals surface area contributed by atoms with Crippen molar-refractivity contribution in [1.82, 2.24) is 0 Å². The van der Waals surface area contributed by atoms with Gasteiger partial charge in [-0.3, -0.25) is 0 Å². The molecule has 0 aliphatic heterocycles. The van der Waals surface area contributed by atoms with Gasteiger partial charge in [0.25, 0.3) is 0 Å². The van der Waals surface area contributed by atoms with Gasteiger partial charge in [-0.2, -0.15) is 0 Å². The first-order valence-corrected chi connectivity index (χ1v) is 11.6. The highest BCUT2D eigenvalue weighted by atomic mass is 79.9. The Labute approximate surface area is 203 Å². The van der Waals surface area contributed by atoms with E-state index in [1.807, 2.05) is 50.3 Å². The van der Waals surface area contributed by atoms with Crippen LogP contribution >= 0.6 is 15.9 Å². The smallest absolute Gasteiger partial charge is 0.333 e. The van der Waals surface area contributed by atoms with Crippen LogP contribution in [0, 0.1) is 11.8 Å². The minimum Gasteiger partial charge on any atom is -0.494 e. The fraction of sp³-hybridized carbons (Fsp3) is 0.346. The van der Waals surface area contributed by atoms with Crippen molar-refractivity contribution in [1.29, 1.82) is 0 Å². The zero-order chi connectivity index (χ0) is 24.1. The van der Waals surface area contributed by atoms with Gasteiger partial charge in [0, 0.05) is 24.7 Å². The number of aliphatic carboxylic acids is 1. The molecule has 1 atom stereocenters. The maximum absolute atomic E-state index is 11.3. The fourth-order valence-corrected chi connectivity index (χ4v) is 3.48. The molecule has 0 fully saturated rings. The van der Waals surface area contributed by atoms with Crippen LogP contribution in [-0.4, -0.2) is 43.6 Å². The van der Waals surface area contributed by atoms with Crippen LogP contribution in [0.15, 0.2) is 53.0 Å². The number of carboxylic acid groups (broad SMARTS) is 1. The summed E-state index contributed by atoms with van der Waals surface area (Å²) in [4.78, 5) is 11.3. The van der Waals surface area contributed by atoms with Gasteiger partial charge in [0.1, 0.15) is 23.9 Å². The van der Waals surface area contributed by atoms with Crippen molar-refractivity contribution in [2.45, 2.75) is 33.3 Å². The molecule has 0 saturated carbocycles. The number of benzene rings is 2. The van der Waals surface area contributed by atoms with E-state index in [-0.39, 0.29) is 6.42 Å². The highest BCUT2D eigenvalue weighted by molar-refractivity contribution is 9.10. The summed E-state index contributed by atoms with van der Waals surface area (Å²) in [5.41, 5.74) is 1.65. The molecule has 0 spiro atoms. The van der Waals surface area contributed by atoms with E-state index in [4.69, 9.17) is 18.9 Å². The molecule has 176 valence electrons. The van der Waals surface area contributed by atoms with Gasteiger partial charge in [0.2, 0.25) is 0 Å². The van der Waals surface area contributed by atoms with E-state index in [1.54, 1.807) is 19.1 Å². The molecule has 2 aromatic carbocycles. The largest absolute Gasteiger partial charge is 0.494 e. The Morgan fingerprint density at radius 2 is 1.73 bits per heavy atom. The van der Waals surface area contributed by atoms with Gasteiger partial charge in [-0.1, -0.05) is 17.9 Å². The molecule has 0 amide bonds. The van der Waals surface area contributed by atoms with Gasteiger partial charge in [0.05, 0.1) is 17.7 Å². The van der Waals surface area contributed by atoms with Crippen LogP contribution in [0.5, 0.6) is 17.2 Å².